The molecular weight excluding hydrogens is 474 g/mol. The van der Waals surface area contributed by atoms with Crippen LogP contribution in [0.5, 0.6) is 0 Å². The number of aromatic nitrogens is 5. The van der Waals surface area contributed by atoms with E-state index in [9.17, 15) is 9.59 Å². The molecule has 0 N–H and O–H groups in total. The van der Waals surface area contributed by atoms with Crippen molar-refractivity contribution in [3.05, 3.63) is 65.1 Å². The number of morpholine rings is 1. The molecule has 0 bridgehead atoms. The number of fused-ring (bicyclic) bond motifs is 2. The van der Waals surface area contributed by atoms with E-state index in [1.54, 1.807) is 12.3 Å². The number of ether oxygens (including phenoxy) is 2. The Bertz CT molecular complexity index is 1310. The number of cyclic esters (lactones) is 1. The molecule has 3 aliphatic rings. The summed E-state index contributed by atoms with van der Waals surface area (Å²) in [5, 5.41) is 11.1. The maximum atomic E-state index is 13.1. The maximum absolute atomic E-state index is 13.1. The van der Waals surface area contributed by atoms with Gasteiger partial charge in [0.2, 0.25) is 5.91 Å². The first-order valence-electron chi connectivity index (χ1n) is 12.5. The first kappa shape index (κ1) is 23.7. The van der Waals surface area contributed by atoms with Crippen LogP contribution in [0.15, 0.2) is 42.9 Å². The molecule has 0 saturated carbocycles. The van der Waals surface area contributed by atoms with E-state index < -0.39 is 0 Å². The van der Waals surface area contributed by atoms with Gasteiger partial charge in [-0.05, 0) is 53.1 Å². The van der Waals surface area contributed by atoms with Crippen molar-refractivity contribution in [3.63, 3.8) is 0 Å². The van der Waals surface area contributed by atoms with E-state index in [0.717, 1.165) is 36.2 Å². The summed E-state index contributed by atoms with van der Waals surface area (Å²) in [5.41, 5.74) is 3.35. The van der Waals surface area contributed by atoms with Gasteiger partial charge < -0.3 is 14.4 Å². The highest BCUT2D eigenvalue weighted by atomic mass is 16.5. The van der Waals surface area contributed by atoms with Crippen LogP contribution < -0.4 is 0 Å². The Hall–Kier alpha value is -3.70. The molecule has 0 aliphatic carbocycles. The molecule has 11 heteroatoms. The van der Waals surface area contributed by atoms with Crippen molar-refractivity contribution in [1.82, 2.24) is 35.0 Å². The zero-order valence-electron chi connectivity index (χ0n) is 20.9. The lowest BCUT2D eigenvalue weighted by Gasteiger charge is -2.53. The summed E-state index contributed by atoms with van der Waals surface area (Å²) in [6.45, 7) is 7.42. The van der Waals surface area contributed by atoms with E-state index in [0.29, 0.717) is 37.5 Å². The number of carbonyl (C=O) groups excluding carboxylic acids is 2. The van der Waals surface area contributed by atoms with Gasteiger partial charge in [0.25, 0.3) is 0 Å². The van der Waals surface area contributed by atoms with Crippen LogP contribution in [-0.2, 0) is 27.1 Å². The minimum Gasteiger partial charge on any atom is -0.459 e. The van der Waals surface area contributed by atoms with Gasteiger partial charge in [-0.3, -0.25) is 9.69 Å². The predicted molar refractivity (Wildman–Crippen MR) is 131 cm³/mol. The molecule has 192 valence electrons. The van der Waals surface area contributed by atoms with Crippen molar-refractivity contribution in [3.8, 4) is 5.82 Å². The summed E-state index contributed by atoms with van der Waals surface area (Å²) in [4.78, 5) is 34.0. The summed E-state index contributed by atoms with van der Waals surface area (Å²) in [5.74, 6) is 0.428. The molecule has 37 heavy (non-hydrogen) atoms. The van der Waals surface area contributed by atoms with Gasteiger partial charge in [0, 0.05) is 38.8 Å². The van der Waals surface area contributed by atoms with Gasteiger partial charge in [-0.15, -0.1) is 5.10 Å². The van der Waals surface area contributed by atoms with Crippen LogP contribution in [-0.4, -0.2) is 91.3 Å². The Morgan fingerprint density at radius 1 is 1.22 bits per heavy atom. The average molecular weight is 504 g/mol. The van der Waals surface area contributed by atoms with Gasteiger partial charge >= 0.3 is 5.97 Å². The van der Waals surface area contributed by atoms with Crippen molar-refractivity contribution in [1.29, 1.82) is 0 Å². The highest BCUT2D eigenvalue weighted by molar-refractivity contribution is 5.92. The number of tetrazole rings is 1. The molecule has 1 aromatic carbocycles. The zero-order valence-corrected chi connectivity index (χ0v) is 20.9. The monoisotopic (exact) mass is 503 g/mol. The number of pyridine rings is 1. The molecule has 3 aromatic rings. The highest BCUT2D eigenvalue weighted by Crippen LogP contribution is 2.34. The van der Waals surface area contributed by atoms with Crippen molar-refractivity contribution in [2.45, 2.75) is 44.4 Å². The Labute approximate surface area is 214 Å². The van der Waals surface area contributed by atoms with Gasteiger partial charge in [0.1, 0.15) is 12.4 Å². The molecule has 3 aliphatic heterocycles. The molecule has 1 amide bonds. The van der Waals surface area contributed by atoms with Crippen LogP contribution in [0.4, 0.5) is 0 Å². The summed E-state index contributed by atoms with van der Waals surface area (Å²) in [7, 11) is 0. The van der Waals surface area contributed by atoms with E-state index in [4.69, 9.17) is 9.47 Å². The van der Waals surface area contributed by atoms with Gasteiger partial charge in [-0.1, -0.05) is 18.2 Å². The van der Waals surface area contributed by atoms with Crippen LogP contribution in [0.25, 0.3) is 5.82 Å². The van der Waals surface area contributed by atoms with Crippen molar-refractivity contribution >= 4 is 11.9 Å². The predicted octanol–water partition coefficient (Wildman–Crippen LogP) is 1.38. The summed E-state index contributed by atoms with van der Waals surface area (Å²) < 4.78 is 13.2. The van der Waals surface area contributed by atoms with Gasteiger partial charge in [0.15, 0.2) is 5.82 Å². The van der Waals surface area contributed by atoms with Crippen LogP contribution in [0.3, 0.4) is 0 Å². The second kappa shape index (κ2) is 9.31. The number of piperazine rings is 1. The molecule has 5 heterocycles. The van der Waals surface area contributed by atoms with Crippen molar-refractivity contribution in [2.24, 2.45) is 0 Å². The lowest BCUT2D eigenvalue weighted by atomic mass is 9.91. The van der Waals surface area contributed by atoms with E-state index in [1.807, 2.05) is 30.0 Å². The molecular formula is C26H29N7O4. The minimum absolute atomic E-state index is 0.0707. The molecule has 6 rings (SSSR count). The Kier molecular flexibility index (Phi) is 5.96. The van der Waals surface area contributed by atoms with Crippen LogP contribution in [0.1, 0.15) is 47.0 Å². The topological polar surface area (TPSA) is 116 Å². The van der Waals surface area contributed by atoms with Crippen molar-refractivity contribution < 1.29 is 19.1 Å². The van der Waals surface area contributed by atoms with E-state index >= 15 is 0 Å². The summed E-state index contributed by atoms with van der Waals surface area (Å²) >= 11 is 0. The SMILES string of the molecule is C[C@@H]1Cc2cc(C3CN4CCN(C(=O)Cc5ccc(-n6cnnn6)nc5)CC4(C)CO3)ccc2C(=O)O1. The molecule has 2 saturated heterocycles. The fraction of sp³-hybridized carbons (Fsp3) is 0.462. The van der Waals surface area contributed by atoms with Crippen LogP contribution in [0.2, 0.25) is 0 Å². The third kappa shape index (κ3) is 4.60. The lowest BCUT2D eigenvalue weighted by molar-refractivity contribution is -0.153. The second-order valence-electron chi connectivity index (χ2n) is 10.4. The number of nitrogens with zero attached hydrogens (tertiary/aromatic N) is 7. The molecule has 2 aromatic heterocycles. The number of amides is 1. The third-order valence-electron chi connectivity index (χ3n) is 7.55. The largest absolute Gasteiger partial charge is 0.459 e. The molecule has 0 radical (unpaired) electrons. The van der Waals surface area contributed by atoms with Gasteiger partial charge in [-0.25, -0.2) is 9.78 Å². The smallest absolute Gasteiger partial charge is 0.338 e. The second-order valence-corrected chi connectivity index (χ2v) is 10.4. The molecule has 2 unspecified atom stereocenters. The lowest BCUT2D eigenvalue weighted by Crippen LogP contribution is -2.66. The van der Waals surface area contributed by atoms with E-state index in [-0.39, 0.29) is 29.6 Å². The van der Waals surface area contributed by atoms with Crippen LogP contribution in [0, 0.1) is 0 Å². The van der Waals surface area contributed by atoms with Gasteiger partial charge in [-0.2, -0.15) is 4.68 Å². The minimum atomic E-state index is -0.252. The Balaban J connectivity index is 1.09. The first-order valence-corrected chi connectivity index (χ1v) is 12.5. The number of hydrogen-bond donors (Lipinski definition) is 0. The number of rotatable bonds is 4. The average Bonchev–Trinajstić information content (AvgIpc) is 3.43. The highest BCUT2D eigenvalue weighted by Gasteiger charge is 2.44. The number of benzene rings is 1. The van der Waals surface area contributed by atoms with Gasteiger partial charge in [0.05, 0.1) is 30.2 Å². The number of esters is 1. The standard InChI is InChI=1S/C26H29N7O4/c1-17-9-20-11-19(4-5-21(20)25(35)37-17)22-13-32-8-7-31(14-26(32,2)15-36-22)24(34)10-18-3-6-23(27-12-18)33-16-28-29-30-33/h3-6,11-12,16-17,22H,7-10,13-15H2,1-2H3/t17-,22?,26?/m1/s1. The van der Waals surface area contributed by atoms with Crippen molar-refractivity contribution in [2.75, 3.05) is 32.8 Å². The Morgan fingerprint density at radius 2 is 2.11 bits per heavy atom. The normalized spacial score (nSPS) is 25.8. The Morgan fingerprint density at radius 3 is 2.89 bits per heavy atom. The molecule has 3 atom stereocenters. The number of hydrogen-bond acceptors (Lipinski definition) is 9. The molecule has 2 fully saturated rings. The fourth-order valence-corrected chi connectivity index (χ4v) is 5.49. The summed E-state index contributed by atoms with van der Waals surface area (Å²) in [6.07, 6.45) is 4.00. The van der Waals surface area contributed by atoms with E-state index in [2.05, 4.69) is 38.4 Å². The maximum Gasteiger partial charge on any atom is 0.338 e. The molecule has 0 spiro atoms. The number of carbonyl (C=O) groups is 2. The van der Waals surface area contributed by atoms with Crippen LogP contribution >= 0.6 is 0 Å². The first-order chi connectivity index (χ1) is 17.9. The zero-order chi connectivity index (χ0) is 25.6. The third-order valence-corrected chi connectivity index (χ3v) is 7.55. The van der Waals surface area contributed by atoms with E-state index in [1.165, 1.54) is 11.0 Å². The summed E-state index contributed by atoms with van der Waals surface area (Å²) in [6, 6.07) is 9.61. The fourth-order valence-electron chi connectivity index (χ4n) is 5.49. The molecule has 11 nitrogen and oxygen atoms in total. The quantitative estimate of drug-likeness (QED) is 0.487.